The number of hydrogen-bond donors (Lipinski definition) is 0. The highest BCUT2D eigenvalue weighted by molar-refractivity contribution is 6.81. The second-order valence-electron chi connectivity index (χ2n) is 4.45. The highest BCUT2D eigenvalue weighted by Gasteiger charge is 2.07. The third-order valence-electron chi connectivity index (χ3n) is 1.89. The molecule has 74 valence electrons. The molecule has 0 amide bonds. The van der Waals surface area contributed by atoms with Crippen molar-refractivity contribution < 1.29 is 4.79 Å². The predicted molar refractivity (Wildman–Crippen MR) is 64.2 cm³/mol. The third kappa shape index (κ3) is 3.30. The minimum atomic E-state index is -1.17. The molecule has 0 atom stereocenters. The Bertz CT molecular complexity index is 348. The zero-order chi connectivity index (χ0) is 10.6. The first-order valence-electron chi connectivity index (χ1n) is 4.76. The average Bonchev–Trinajstić information content (AvgIpc) is 2.14. The molecule has 1 rings (SSSR count). The van der Waals surface area contributed by atoms with E-state index in [9.17, 15) is 4.79 Å². The van der Waals surface area contributed by atoms with Gasteiger partial charge < -0.3 is 0 Å². The summed E-state index contributed by atoms with van der Waals surface area (Å²) in [6, 6.07) is 7.66. The first kappa shape index (κ1) is 10.9. The fourth-order valence-electron chi connectivity index (χ4n) is 1.11. The molecule has 0 fully saturated rings. The molecule has 0 spiro atoms. The Balaban J connectivity index is 2.97. The summed E-state index contributed by atoms with van der Waals surface area (Å²) in [4.78, 5) is 10.7. The molecule has 14 heavy (non-hydrogen) atoms. The van der Waals surface area contributed by atoms with Gasteiger partial charge in [-0.05, 0) is 5.56 Å². The number of carbonyl (C=O) groups is 1. The summed E-state index contributed by atoms with van der Waals surface area (Å²) in [7, 11) is -1.17. The van der Waals surface area contributed by atoms with Crippen molar-refractivity contribution in [3.8, 4) is 0 Å². The number of carbonyl (C=O) groups excluding carboxylic acids is 1. The second kappa shape index (κ2) is 4.38. The fourth-order valence-corrected chi connectivity index (χ4v) is 1.79. The third-order valence-corrected chi connectivity index (χ3v) is 3.05. The maximum absolute atomic E-state index is 10.7. The minimum absolute atomic E-state index is 0.766. The van der Waals surface area contributed by atoms with E-state index < -0.39 is 8.07 Å². The Hall–Kier alpha value is -1.15. The summed E-state index contributed by atoms with van der Waals surface area (Å²) in [6.45, 7) is 6.81. The van der Waals surface area contributed by atoms with Crippen molar-refractivity contribution in [1.82, 2.24) is 0 Å². The maximum atomic E-state index is 10.7. The highest BCUT2D eigenvalue weighted by atomic mass is 28.3. The zero-order valence-corrected chi connectivity index (χ0v) is 9.95. The van der Waals surface area contributed by atoms with E-state index in [1.54, 1.807) is 0 Å². The molecular formula is C12H16OSi. The zero-order valence-electron chi connectivity index (χ0n) is 8.95. The van der Waals surface area contributed by atoms with Crippen molar-refractivity contribution in [2.45, 2.75) is 19.6 Å². The maximum Gasteiger partial charge on any atom is 0.150 e. The van der Waals surface area contributed by atoms with Crippen molar-refractivity contribution in [2.24, 2.45) is 0 Å². The highest BCUT2D eigenvalue weighted by Crippen LogP contribution is 2.11. The SMILES string of the molecule is C[Si](C)(C)/C=C/c1ccccc1C=O. The van der Waals surface area contributed by atoms with Gasteiger partial charge >= 0.3 is 0 Å². The van der Waals surface area contributed by atoms with E-state index in [-0.39, 0.29) is 0 Å². The van der Waals surface area contributed by atoms with E-state index in [4.69, 9.17) is 0 Å². The van der Waals surface area contributed by atoms with Gasteiger partial charge in [-0.15, -0.1) is 0 Å². The van der Waals surface area contributed by atoms with E-state index in [0.717, 1.165) is 17.4 Å². The van der Waals surface area contributed by atoms with E-state index in [1.807, 2.05) is 24.3 Å². The van der Waals surface area contributed by atoms with Gasteiger partial charge in [-0.3, -0.25) is 4.79 Å². The first-order valence-corrected chi connectivity index (χ1v) is 8.34. The van der Waals surface area contributed by atoms with Crippen LogP contribution < -0.4 is 0 Å². The van der Waals surface area contributed by atoms with Gasteiger partial charge in [0.15, 0.2) is 6.29 Å². The number of rotatable bonds is 3. The molecule has 0 heterocycles. The molecule has 2 heteroatoms. The lowest BCUT2D eigenvalue weighted by atomic mass is 10.1. The molecule has 1 nitrogen and oxygen atoms in total. The van der Waals surface area contributed by atoms with Gasteiger partial charge in [-0.2, -0.15) is 0 Å². The molecule has 0 aliphatic rings. The minimum Gasteiger partial charge on any atom is -0.298 e. The molecule has 0 unspecified atom stereocenters. The van der Waals surface area contributed by atoms with Crippen molar-refractivity contribution in [3.63, 3.8) is 0 Å². The fraction of sp³-hybridized carbons (Fsp3) is 0.250. The van der Waals surface area contributed by atoms with Gasteiger partial charge in [0.1, 0.15) is 0 Å². The van der Waals surface area contributed by atoms with Crippen LogP contribution in [0.5, 0.6) is 0 Å². The molecule has 0 saturated heterocycles. The van der Waals surface area contributed by atoms with E-state index in [0.29, 0.717) is 0 Å². The Morgan fingerprint density at radius 3 is 2.14 bits per heavy atom. The Morgan fingerprint density at radius 2 is 1.64 bits per heavy atom. The summed E-state index contributed by atoms with van der Waals surface area (Å²) in [5.74, 6) is 0. The van der Waals surface area contributed by atoms with Gasteiger partial charge in [-0.25, -0.2) is 0 Å². The quantitative estimate of drug-likeness (QED) is 0.545. The van der Waals surface area contributed by atoms with Crippen molar-refractivity contribution >= 4 is 20.4 Å². The summed E-state index contributed by atoms with van der Waals surface area (Å²) in [5.41, 5.74) is 4.03. The molecule has 0 bridgehead atoms. The van der Waals surface area contributed by atoms with Gasteiger partial charge in [0.2, 0.25) is 0 Å². The van der Waals surface area contributed by atoms with Gasteiger partial charge in [0, 0.05) is 5.56 Å². The molecule has 1 aromatic carbocycles. The van der Waals surface area contributed by atoms with E-state index in [1.165, 1.54) is 0 Å². The molecule has 0 aliphatic carbocycles. The van der Waals surface area contributed by atoms with Crippen LogP contribution in [0.2, 0.25) is 19.6 Å². The molecule has 1 aromatic rings. The molecule has 0 aromatic heterocycles. The van der Waals surface area contributed by atoms with Crippen molar-refractivity contribution in [1.29, 1.82) is 0 Å². The van der Waals surface area contributed by atoms with Crippen LogP contribution >= 0.6 is 0 Å². The molecule has 0 radical (unpaired) electrons. The normalized spacial score (nSPS) is 11.9. The molecular weight excluding hydrogens is 188 g/mol. The lowest BCUT2D eigenvalue weighted by molar-refractivity contribution is 0.112. The standard InChI is InChI=1S/C12H16OSi/c1-14(2,3)9-8-11-6-4-5-7-12(11)10-13/h4-10H,1-3H3/b9-8+. The van der Waals surface area contributed by atoms with Crippen LogP contribution in [0, 0.1) is 0 Å². The Kier molecular flexibility index (Phi) is 3.41. The van der Waals surface area contributed by atoms with Crippen LogP contribution in [0.25, 0.3) is 6.08 Å². The molecule has 0 saturated carbocycles. The van der Waals surface area contributed by atoms with Crippen LogP contribution in [-0.2, 0) is 0 Å². The Labute approximate surface area is 86.5 Å². The van der Waals surface area contributed by atoms with Crippen LogP contribution in [0.1, 0.15) is 15.9 Å². The van der Waals surface area contributed by atoms with E-state index in [2.05, 4.69) is 31.4 Å². The average molecular weight is 204 g/mol. The summed E-state index contributed by atoms with van der Waals surface area (Å²) >= 11 is 0. The van der Waals surface area contributed by atoms with Gasteiger partial charge in [-0.1, -0.05) is 55.7 Å². The first-order chi connectivity index (χ1) is 6.53. The second-order valence-corrected chi connectivity index (χ2v) is 9.51. The number of hydrogen-bond acceptors (Lipinski definition) is 1. The lowest BCUT2D eigenvalue weighted by Crippen LogP contribution is -2.15. The van der Waals surface area contributed by atoms with Crippen LogP contribution in [0.3, 0.4) is 0 Å². The number of aldehydes is 1. The summed E-state index contributed by atoms with van der Waals surface area (Å²) in [6.07, 6.45) is 2.97. The topological polar surface area (TPSA) is 17.1 Å². The smallest absolute Gasteiger partial charge is 0.150 e. The summed E-state index contributed by atoms with van der Waals surface area (Å²) < 4.78 is 0. The lowest BCUT2D eigenvalue weighted by Gasteiger charge is -2.08. The van der Waals surface area contributed by atoms with E-state index >= 15 is 0 Å². The molecule has 0 N–H and O–H groups in total. The van der Waals surface area contributed by atoms with Crippen LogP contribution in [0.15, 0.2) is 30.0 Å². The van der Waals surface area contributed by atoms with Crippen molar-refractivity contribution in [2.75, 3.05) is 0 Å². The summed E-state index contributed by atoms with van der Waals surface area (Å²) in [5, 5.41) is 0. The predicted octanol–water partition coefficient (Wildman–Crippen LogP) is 3.39. The molecule has 0 aliphatic heterocycles. The Morgan fingerprint density at radius 1 is 1.07 bits per heavy atom. The van der Waals surface area contributed by atoms with Gasteiger partial charge in [0.05, 0.1) is 8.07 Å². The van der Waals surface area contributed by atoms with Crippen molar-refractivity contribution in [3.05, 3.63) is 41.1 Å². The van der Waals surface area contributed by atoms with Gasteiger partial charge in [0.25, 0.3) is 0 Å². The van der Waals surface area contributed by atoms with Crippen LogP contribution in [-0.4, -0.2) is 14.4 Å². The monoisotopic (exact) mass is 204 g/mol. The van der Waals surface area contributed by atoms with Crippen LogP contribution in [0.4, 0.5) is 0 Å². The largest absolute Gasteiger partial charge is 0.298 e. The number of benzene rings is 1.